The molecular weight excluding hydrogens is 292 g/mol. The SMILES string of the molecule is CC1(c2cccc(-c3ccccc3)c2)Cc2ccccc2C(N)=N1. The van der Waals surface area contributed by atoms with E-state index in [4.69, 9.17) is 10.7 Å². The van der Waals surface area contributed by atoms with Crippen LogP contribution in [0.25, 0.3) is 11.1 Å². The van der Waals surface area contributed by atoms with Gasteiger partial charge in [-0.1, -0.05) is 72.8 Å². The van der Waals surface area contributed by atoms with Gasteiger partial charge in [0.2, 0.25) is 0 Å². The van der Waals surface area contributed by atoms with Crippen LogP contribution in [-0.4, -0.2) is 5.84 Å². The molecule has 0 spiro atoms. The molecule has 1 aliphatic heterocycles. The van der Waals surface area contributed by atoms with Crippen molar-refractivity contribution >= 4 is 5.84 Å². The van der Waals surface area contributed by atoms with Gasteiger partial charge in [0.05, 0.1) is 5.54 Å². The lowest BCUT2D eigenvalue weighted by atomic mass is 9.81. The van der Waals surface area contributed by atoms with Crippen molar-refractivity contribution in [3.63, 3.8) is 0 Å². The second kappa shape index (κ2) is 5.64. The Bertz CT molecular complexity index is 912. The Labute approximate surface area is 142 Å². The van der Waals surface area contributed by atoms with Gasteiger partial charge in [0.25, 0.3) is 0 Å². The molecule has 0 saturated carbocycles. The summed E-state index contributed by atoms with van der Waals surface area (Å²) in [6, 6.07) is 27.4. The van der Waals surface area contributed by atoms with E-state index in [0.717, 1.165) is 12.0 Å². The molecular formula is C22H20N2. The number of aliphatic imine (C=N–C) groups is 1. The van der Waals surface area contributed by atoms with Crippen LogP contribution in [0, 0.1) is 0 Å². The van der Waals surface area contributed by atoms with E-state index < -0.39 is 0 Å². The molecule has 0 aliphatic carbocycles. The molecule has 2 heteroatoms. The molecule has 2 nitrogen and oxygen atoms in total. The highest BCUT2D eigenvalue weighted by Crippen LogP contribution is 2.36. The van der Waals surface area contributed by atoms with Gasteiger partial charge >= 0.3 is 0 Å². The molecule has 0 amide bonds. The molecule has 3 aromatic carbocycles. The molecule has 4 rings (SSSR count). The summed E-state index contributed by atoms with van der Waals surface area (Å²) in [5.41, 5.74) is 11.9. The molecule has 0 bridgehead atoms. The highest BCUT2D eigenvalue weighted by atomic mass is 14.9. The monoisotopic (exact) mass is 312 g/mol. The minimum atomic E-state index is -0.330. The average molecular weight is 312 g/mol. The fourth-order valence-electron chi connectivity index (χ4n) is 3.49. The van der Waals surface area contributed by atoms with E-state index in [1.807, 2.05) is 18.2 Å². The van der Waals surface area contributed by atoms with Gasteiger partial charge in [0, 0.05) is 12.0 Å². The molecule has 0 radical (unpaired) electrons. The van der Waals surface area contributed by atoms with Gasteiger partial charge in [0.15, 0.2) is 0 Å². The summed E-state index contributed by atoms with van der Waals surface area (Å²) in [6.07, 6.45) is 0.863. The van der Waals surface area contributed by atoms with Crippen molar-refractivity contribution < 1.29 is 0 Å². The third-order valence-corrected chi connectivity index (χ3v) is 4.79. The maximum absolute atomic E-state index is 6.26. The molecule has 118 valence electrons. The minimum absolute atomic E-state index is 0.330. The van der Waals surface area contributed by atoms with Crippen molar-refractivity contribution in [3.8, 4) is 11.1 Å². The van der Waals surface area contributed by atoms with Crippen LogP contribution in [0.3, 0.4) is 0 Å². The number of rotatable bonds is 2. The van der Waals surface area contributed by atoms with Crippen molar-refractivity contribution in [1.82, 2.24) is 0 Å². The topological polar surface area (TPSA) is 38.4 Å². The third kappa shape index (κ3) is 2.50. The quantitative estimate of drug-likeness (QED) is 0.742. The highest BCUT2D eigenvalue weighted by Gasteiger charge is 2.32. The zero-order valence-electron chi connectivity index (χ0n) is 13.7. The molecule has 2 N–H and O–H groups in total. The third-order valence-electron chi connectivity index (χ3n) is 4.79. The largest absolute Gasteiger partial charge is 0.383 e. The number of nitrogens with zero attached hydrogens (tertiary/aromatic N) is 1. The van der Waals surface area contributed by atoms with Crippen molar-refractivity contribution in [2.45, 2.75) is 18.9 Å². The summed E-state index contributed by atoms with van der Waals surface area (Å²) in [7, 11) is 0. The lowest BCUT2D eigenvalue weighted by Gasteiger charge is -2.32. The molecule has 0 fully saturated rings. The van der Waals surface area contributed by atoms with Crippen LogP contribution in [0.2, 0.25) is 0 Å². The first-order valence-corrected chi connectivity index (χ1v) is 8.25. The van der Waals surface area contributed by atoms with Gasteiger partial charge in [-0.2, -0.15) is 0 Å². The molecule has 0 aromatic heterocycles. The summed E-state index contributed by atoms with van der Waals surface area (Å²) in [4.78, 5) is 4.85. The van der Waals surface area contributed by atoms with Gasteiger partial charge in [0.1, 0.15) is 5.84 Å². The van der Waals surface area contributed by atoms with Crippen molar-refractivity contribution in [1.29, 1.82) is 0 Å². The van der Waals surface area contributed by atoms with Crippen LogP contribution in [0.1, 0.15) is 23.6 Å². The normalized spacial score (nSPS) is 19.5. The lowest BCUT2D eigenvalue weighted by molar-refractivity contribution is 0.487. The average Bonchev–Trinajstić information content (AvgIpc) is 2.62. The van der Waals surface area contributed by atoms with Gasteiger partial charge in [-0.3, -0.25) is 4.99 Å². The first-order valence-electron chi connectivity index (χ1n) is 8.25. The zero-order chi connectivity index (χ0) is 16.6. The summed E-state index contributed by atoms with van der Waals surface area (Å²) in [6.45, 7) is 2.17. The fraction of sp³-hybridized carbons (Fsp3) is 0.136. The Balaban J connectivity index is 1.78. The number of hydrogen-bond acceptors (Lipinski definition) is 2. The van der Waals surface area contributed by atoms with Crippen LogP contribution in [0.15, 0.2) is 83.9 Å². The summed E-state index contributed by atoms with van der Waals surface area (Å²) < 4.78 is 0. The summed E-state index contributed by atoms with van der Waals surface area (Å²) >= 11 is 0. The predicted octanol–water partition coefficient (Wildman–Crippen LogP) is 4.53. The van der Waals surface area contributed by atoms with E-state index in [9.17, 15) is 0 Å². The summed E-state index contributed by atoms with van der Waals surface area (Å²) in [5, 5.41) is 0. The Hall–Kier alpha value is -2.87. The predicted molar refractivity (Wildman–Crippen MR) is 100 cm³/mol. The maximum atomic E-state index is 6.26. The van der Waals surface area contributed by atoms with Crippen LogP contribution in [0.4, 0.5) is 0 Å². The molecule has 1 unspecified atom stereocenters. The smallest absolute Gasteiger partial charge is 0.126 e. The second-order valence-electron chi connectivity index (χ2n) is 6.55. The van der Waals surface area contributed by atoms with E-state index in [2.05, 4.69) is 67.6 Å². The molecule has 1 heterocycles. The van der Waals surface area contributed by atoms with E-state index in [-0.39, 0.29) is 5.54 Å². The maximum Gasteiger partial charge on any atom is 0.126 e. The number of hydrogen-bond donors (Lipinski definition) is 1. The van der Waals surface area contributed by atoms with E-state index in [1.165, 1.54) is 22.3 Å². The molecule has 1 aliphatic rings. The minimum Gasteiger partial charge on any atom is -0.383 e. The zero-order valence-corrected chi connectivity index (χ0v) is 13.7. The second-order valence-corrected chi connectivity index (χ2v) is 6.55. The highest BCUT2D eigenvalue weighted by molar-refractivity contribution is 6.00. The van der Waals surface area contributed by atoms with Crippen molar-refractivity contribution in [2.24, 2.45) is 10.7 Å². The van der Waals surface area contributed by atoms with Gasteiger partial charge in [-0.05, 0) is 35.2 Å². The Morgan fingerprint density at radius 2 is 1.54 bits per heavy atom. The van der Waals surface area contributed by atoms with E-state index in [1.54, 1.807) is 0 Å². The fourth-order valence-corrected chi connectivity index (χ4v) is 3.49. The molecule has 3 aromatic rings. The van der Waals surface area contributed by atoms with Crippen LogP contribution >= 0.6 is 0 Å². The Kier molecular flexibility index (Phi) is 3.46. The van der Waals surface area contributed by atoms with Crippen molar-refractivity contribution in [3.05, 3.63) is 95.6 Å². The Morgan fingerprint density at radius 3 is 2.38 bits per heavy atom. The molecule has 24 heavy (non-hydrogen) atoms. The van der Waals surface area contributed by atoms with Gasteiger partial charge < -0.3 is 5.73 Å². The van der Waals surface area contributed by atoms with Gasteiger partial charge in [-0.25, -0.2) is 0 Å². The van der Waals surface area contributed by atoms with Crippen LogP contribution in [0.5, 0.6) is 0 Å². The first kappa shape index (κ1) is 14.7. The first-order chi connectivity index (χ1) is 11.7. The number of amidine groups is 1. The Morgan fingerprint density at radius 1 is 0.833 bits per heavy atom. The lowest BCUT2D eigenvalue weighted by Crippen LogP contribution is -2.33. The molecule has 1 atom stereocenters. The van der Waals surface area contributed by atoms with Crippen LogP contribution < -0.4 is 5.73 Å². The van der Waals surface area contributed by atoms with E-state index >= 15 is 0 Å². The number of fused-ring (bicyclic) bond motifs is 1. The number of benzene rings is 3. The summed E-state index contributed by atoms with van der Waals surface area (Å²) in [5.74, 6) is 0.629. The molecule has 0 saturated heterocycles. The standard InChI is InChI=1S/C22H20N2/c1-22(15-18-10-5-6-13-20(18)21(23)24-22)19-12-7-11-17(14-19)16-8-3-2-4-9-16/h2-14H,15H2,1H3,(H2,23,24). The number of nitrogens with two attached hydrogens (primary N) is 1. The van der Waals surface area contributed by atoms with Crippen LogP contribution in [-0.2, 0) is 12.0 Å². The van der Waals surface area contributed by atoms with Crippen molar-refractivity contribution in [2.75, 3.05) is 0 Å². The van der Waals surface area contributed by atoms with E-state index in [0.29, 0.717) is 5.84 Å². The van der Waals surface area contributed by atoms with Gasteiger partial charge in [-0.15, -0.1) is 0 Å².